The van der Waals surface area contributed by atoms with Crippen molar-refractivity contribution in [1.29, 1.82) is 0 Å². The molecule has 1 aliphatic rings. The molecule has 3 rings (SSSR count). The minimum absolute atomic E-state index is 0.555. The van der Waals surface area contributed by atoms with E-state index < -0.39 is 0 Å². The molecule has 2 aromatic heterocycles. The number of aromatic nitrogens is 4. The van der Waals surface area contributed by atoms with Crippen molar-refractivity contribution in [3.63, 3.8) is 0 Å². The number of nitrogens with one attached hydrogen (secondary N) is 1. The molecule has 2 heterocycles. The summed E-state index contributed by atoms with van der Waals surface area (Å²) in [5.41, 5.74) is 0.957. The molecule has 0 unspecified atom stereocenters. The van der Waals surface area contributed by atoms with Crippen LogP contribution < -0.4 is 5.32 Å². The number of hydrogen-bond acceptors (Lipinski definition) is 7. The second-order valence-electron chi connectivity index (χ2n) is 4.78. The van der Waals surface area contributed by atoms with Gasteiger partial charge >= 0.3 is 0 Å². The number of rotatable bonds is 7. The maximum atomic E-state index is 5.69. The van der Waals surface area contributed by atoms with Crippen LogP contribution in [-0.4, -0.2) is 32.4 Å². The minimum Gasteiger partial charge on any atom is -0.420 e. The van der Waals surface area contributed by atoms with Crippen LogP contribution in [0.1, 0.15) is 37.8 Å². The zero-order chi connectivity index (χ0) is 13.1. The molecular formula is C12H17N5OS. The molecule has 1 aliphatic carbocycles. The first-order chi connectivity index (χ1) is 9.36. The average molecular weight is 279 g/mol. The largest absolute Gasteiger partial charge is 0.420 e. The van der Waals surface area contributed by atoms with Gasteiger partial charge in [0.2, 0.25) is 5.89 Å². The number of hydrogen-bond donors (Lipinski definition) is 1. The lowest BCUT2D eigenvalue weighted by Crippen LogP contribution is -2.19. The van der Waals surface area contributed by atoms with Gasteiger partial charge in [-0.25, -0.2) is 0 Å². The topological polar surface area (TPSA) is 76.7 Å². The van der Waals surface area contributed by atoms with E-state index >= 15 is 0 Å². The van der Waals surface area contributed by atoms with Crippen LogP contribution in [0.2, 0.25) is 0 Å². The third-order valence-electron chi connectivity index (χ3n) is 3.05. The van der Waals surface area contributed by atoms with Crippen LogP contribution in [0.5, 0.6) is 0 Å². The molecular weight excluding hydrogens is 262 g/mol. The van der Waals surface area contributed by atoms with E-state index in [2.05, 4.69) is 32.0 Å². The fourth-order valence-corrected chi connectivity index (χ4v) is 2.52. The highest BCUT2D eigenvalue weighted by atomic mass is 32.1. The zero-order valence-corrected chi connectivity index (χ0v) is 11.7. The molecule has 0 saturated heterocycles. The van der Waals surface area contributed by atoms with Gasteiger partial charge in [0.25, 0.3) is 5.89 Å². The molecule has 0 aliphatic heterocycles. The van der Waals surface area contributed by atoms with Gasteiger partial charge in [-0.15, -0.1) is 15.3 Å². The predicted octanol–water partition coefficient (Wildman–Crippen LogP) is 1.84. The first-order valence-corrected chi connectivity index (χ1v) is 7.51. The SMILES string of the molecule is CCCc1nnsc1-c1nnc(CCNC2CC2)o1. The van der Waals surface area contributed by atoms with Crippen LogP contribution in [-0.2, 0) is 12.8 Å². The maximum Gasteiger partial charge on any atom is 0.261 e. The second-order valence-corrected chi connectivity index (χ2v) is 5.53. The van der Waals surface area contributed by atoms with Gasteiger partial charge in [-0.2, -0.15) is 0 Å². The van der Waals surface area contributed by atoms with Gasteiger partial charge in [0.15, 0.2) is 0 Å². The number of aryl methyl sites for hydroxylation is 1. The minimum atomic E-state index is 0.555. The molecule has 102 valence electrons. The van der Waals surface area contributed by atoms with Gasteiger partial charge < -0.3 is 9.73 Å². The van der Waals surface area contributed by atoms with E-state index in [-0.39, 0.29) is 0 Å². The highest BCUT2D eigenvalue weighted by Gasteiger charge is 2.20. The smallest absolute Gasteiger partial charge is 0.261 e. The lowest BCUT2D eigenvalue weighted by atomic mass is 10.2. The average Bonchev–Trinajstić information content (AvgIpc) is 2.92. The van der Waals surface area contributed by atoms with Crippen LogP contribution in [0.25, 0.3) is 10.8 Å². The Bertz CT molecular complexity index is 534. The summed E-state index contributed by atoms with van der Waals surface area (Å²) in [6, 6.07) is 0.712. The molecule has 2 aromatic rings. The molecule has 0 atom stereocenters. The van der Waals surface area contributed by atoms with E-state index in [1.165, 1.54) is 24.4 Å². The summed E-state index contributed by atoms with van der Waals surface area (Å²) in [6.45, 7) is 3.01. The predicted molar refractivity (Wildman–Crippen MR) is 71.9 cm³/mol. The van der Waals surface area contributed by atoms with E-state index in [0.717, 1.165) is 36.4 Å². The Labute approximate surface area is 115 Å². The van der Waals surface area contributed by atoms with Crippen molar-refractivity contribution in [1.82, 2.24) is 25.1 Å². The molecule has 0 bridgehead atoms. The lowest BCUT2D eigenvalue weighted by Gasteiger charge is -1.97. The van der Waals surface area contributed by atoms with Crippen LogP contribution in [0.4, 0.5) is 0 Å². The Morgan fingerprint density at radius 1 is 1.26 bits per heavy atom. The van der Waals surface area contributed by atoms with E-state index in [1.54, 1.807) is 0 Å². The Kier molecular flexibility index (Phi) is 3.84. The van der Waals surface area contributed by atoms with Crippen LogP contribution in [0.15, 0.2) is 4.42 Å². The van der Waals surface area contributed by atoms with Crippen molar-refractivity contribution in [3.05, 3.63) is 11.6 Å². The Morgan fingerprint density at radius 3 is 2.95 bits per heavy atom. The van der Waals surface area contributed by atoms with Gasteiger partial charge in [-0.1, -0.05) is 17.8 Å². The van der Waals surface area contributed by atoms with Crippen LogP contribution in [0.3, 0.4) is 0 Å². The maximum absolute atomic E-state index is 5.69. The summed E-state index contributed by atoms with van der Waals surface area (Å²) in [5.74, 6) is 1.24. The highest BCUT2D eigenvalue weighted by molar-refractivity contribution is 7.09. The van der Waals surface area contributed by atoms with Crippen molar-refractivity contribution >= 4 is 11.5 Å². The summed E-state index contributed by atoms with van der Waals surface area (Å²) in [7, 11) is 0. The van der Waals surface area contributed by atoms with Crippen LogP contribution >= 0.6 is 11.5 Å². The number of nitrogens with zero attached hydrogens (tertiary/aromatic N) is 4. The first-order valence-electron chi connectivity index (χ1n) is 6.74. The van der Waals surface area contributed by atoms with E-state index in [9.17, 15) is 0 Å². The second kappa shape index (κ2) is 5.75. The van der Waals surface area contributed by atoms with E-state index in [4.69, 9.17) is 4.42 Å². The molecule has 1 saturated carbocycles. The van der Waals surface area contributed by atoms with Gasteiger partial charge in [0, 0.05) is 19.0 Å². The normalized spacial score (nSPS) is 15.0. The zero-order valence-electron chi connectivity index (χ0n) is 10.9. The van der Waals surface area contributed by atoms with Gasteiger partial charge in [0.05, 0.1) is 5.69 Å². The molecule has 7 heteroatoms. The van der Waals surface area contributed by atoms with Crippen molar-refractivity contribution in [2.75, 3.05) is 6.54 Å². The molecule has 0 spiro atoms. The molecule has 1 fully saturated rings. The van der Waals surface area contributed by atoms with E-state index in [0.29, 0.717) is 17.8 Å². The van der Waals surface area contributed by atoms with Crippen molar-refractivity contribution in [2.45, 2.75) is 45.1 Å². The monoisotopic (exact) mass is 279 g/mol. The van der Waals surface area contributed by atoms with Gasteiger partial charge in [-0.05, 0) is 30.8 Å². The standard InChI is InChI=1S/C12H17N5OS/c1-2-3-9-11(19-17-14-9)12-16-15-10(18-12)6-7-13-8-4-5-8/h8,13H,2-7H2,1H3. The first kappa shape index (κ1) is 12.7. The third-order valence-corrected chi connectivity index (χ3v) is 3.81. The molecule has 1 N–H and O–H groups in total. The van der Waals surface area contributed by atoms with Crippen LogP contribution in [0, 0.1) is 0 Å². The Morgan fingerprint density at radius 2 is 2.16 bits per heavy atom. The molecule has 19 heavy (non-hydrogen) atoms. The molecule has 0 aromatic carbocycles. The van der Waals surface area contributed by atoms with Crippen molar-refractivity contribution < 1.29 is 4.42 Å². The summed E-state index contributed by atoms with van der Waals surface area (Å²) in [4.78, 5) is 0.913. The fourth-order valence-electron chi connectivity index (χ4n) is 1.89. The third kappa shape index (κ3) is 3.16. The van der Waals surface area contributed by atoms with Crippen molar-refractivity contribution in [3.8, 4) is 10.8 Å². The summed E-state index contributed by atoms with van der Waals surface area (Å²) >= 11 is 1.32. The lowest BCUT2D eigenvalue weighted by molar-refractivity contribution is 0.494. The summed E-state index contributed by atoms with van der Waals surface area (Å²) in [6.07, 6.45) is 5.29. The Hall–Kier alpha value is -1.34. The highest BCUT2D eigenvalue weighted by Crippen LogP contribution is 2.25. The summed E-state index contributed by atoms with van der Waals surface area (Å²) < 4.78 is 9.66. The molecule has 6 nitrogen and oxygen atoms in total. The van der Waals surface area contributed by atoms with E-state index in [1.807, 2.05) is 0 Å². The Balaban J connectivity index is 1.63. The fraction of sp³-hybridized carbons (Fsp3) is 0.667. The van der Waals surface area contributed by atoms with Crippen molar-refractivity contribution in [2.24, 2.45) is 0 Å². The molecule has 0 radical (unpaired) electrons. The molecule has 0 amide bonds. The quantitative estimate of drug-likeness (QED) is 0.833. The van der Waals surface area contributed by atoms with Gasteiger partial charge in [-0.3, -0.25) is 0 Å². The van der Waals surface area contributed by atoms with Gasteiger partial charge in [0.1, 0.15) is 4.88 Å². The summed E-state index contributed by atoms with van der Waals surface area (Å²) in [5, 5.41) is 15.7.